The fraction of sp³-hybridized carbons (Fsp3) is 0.406. The fourth-order valence-corrected chi connectivity index (χ4v) is 7.81. The topological polar surface area (TPSA) is 64.4 Å². The Labute approximate surface area is 244 Å². The summed E-state index contributed by atoms with van der Waals surface area (Å²) in [4.78, 5) is 36.7. The Morgan fingerprint density at radius 1 is 1.20 bits per heavy atom. The number of hydrogen-bond acceptors (Lipinski definition) is 6. The van der Waals surface area contributed by atoms with E-state index in [2.05, 4.69) is 20.8 Å². The smallest absolute Gasteiger partial charge is 0.267 e. The zero-order valence-corrected chi connectivity index (χ0v) is 25.9. The highest BCUT2D eigenvalue weighted by molar-refractivity contribution is 8.00. The molecule has 5 rings (SSSR count). The van der Waals surface area contributed by atoms with Crippen LogP contribution in [0.25, 0.3) is 15.9 Å². The second kappa shape index (κ2) is 11.1. The number of amides is 1. The number of aryl methyl sites for hydroxylation is 2. The first kappa shape index (κ1) is 28.4. The summed E-state index contributed by atoms with van der Waals surface area (Å²) in [5.41, 5.74) is 3.76. The van der Waals surface area contributed by atoms with Crippen molar-refractivity contribution in [3.63, 3.8) is 0 Å². The van der Waals surface area contributed by atoms with E-state index < -0.39 is 5.25 Å². The van der Waals surface area contributed by atoms with Crippen molar-refractivity contribution < 1.29 is 9.53 Å². The lowest BCUT2D eigenvalue weighted by Crippen LogP contribution is -2.34. The van der Waals surface area contributed by atoms with E-state index in [1.54, 1.807) is 35.0 Å². The number of fused-ring (bicyclic) bond motifs is 3. The van der Waals surface area contributed by atoms with E-state index in [-0.39, 0.29) is 16.9 Å². The highest BCUT2D eigenvalue weighted by atomic mass is 32.2. The van der Waals surface area contributed by atoms with Crippen molar-refractivity contribution in [2.24, 2.45) is 11.3 Å². The molecule has 2 heterocycles. The van der Waals surface area contributed by atoms with E-state index in [4.69, 9.17) is 9.72 Å². The lowest BCUT2D eigenvalue weighted by molar-refractivity contribution is -0.117. The third kappa shape index (κ3) is 5.31. The molecule has 8 heteroatoms. The number of carbonyl (C=O) groups excluding carboxylic acids is 1. The first-order valence-corrected chi connectivity index (χ1v) is 15.4. The number of nitrogens with zero attached hydrogens (tertiary/aromatic N) is 3. The van der Waals surface area contributed by atoms with E-state index in [0.717, 1.165) is 52.0 Å². The molecule has 6 nitrogen and oxygen atoms in total. The largest absolute Gasteiger partial charge is 0.497 e. The van der Waals surface area contributed by atoms with Gasteiger partial charge in [0.05, 0.1) is 23.4 Å². The number of ether oxygens (including phenoxy) is 1. The maximum absolute atomic E-state index is 14.4. The SMILES string of the molecule is COc1ccc(C)c(-n2c(S[C@H](C)C(=O)N(C)c3ccccc3)nc3sc4c(c3c2=O)CC[C@H](C(C)(C)C)C4)c1. The van der Waals surface area contributed by atoms with Gasteiger partial charge in [-0.3, -0.25) is 14.2 Å². The maximum Gasteiger partial charge on any atom is 0.267 e. The van der Waals surface area contributed by atoms with Crippen molar-refractivity contribution in [2.75, 3.05) is 19.1 Å². The molecule has 0 radical (unpaired) electrons. The second-order valence-electron chi connectivity index (χ2n) is 11.7. The van der Waals surface area contributed by atoms with Crippen LogP contribution in [0.3, 0.4) is 0 Å². The Hall–Kier alpha value is -3.10. The van der Waals surface area contributed by atoms with Crippen LogP contribution in [0, 0.1) is 18.3 Å². The zero-order chi connectivity index (χ0) is 28.8. The third-order valence-corrected chi connectivity index (χ3v) is 10.2. The van der Waals surface area contributed by atoms with Crippen molar-refractivity contribution >= 4 is 44.9 Å². The highest BCUT2D eigenvalue weighted by Gasteiger charge is 2.33. The number of anilines is 1. The fourth-order valence-electron chi connectivity index (χ4n) is 5.45. The highest BCUT2D eigenvalue weighted by Crippen LogP contribution is 2.43. The molecule has 1 aliphatic carbocycles. The average Bonchev–Trinajstić information content (AvgIpc) is 3.31. The van der Waals surface area contributed by atoms with Crippen LogP contribution in [-0.2, 0) is 17.6 Å². The van der Waals surface area contributed by atoms with Crippen LogP contribution in [-0.4, -0.2) is 34.9 Å². The summed E-state index contributed by atoms with van der Waals surface area (Å²) in [6, 6.07) is 15.3. The number of thiophene rings is 1. The number of thioether (sulfide) groups is 1. The molecule has 0 unspecified atom stereocenters. The number of aromatic nitrogens is 2. The number of benzene rings is 2. The summed E-state index contributed by atoms with van der Waals surface area (Å²) >= 11 is 2.97. The normalized spacial score (nSPS) is 16.0. The third-order valence-electron chi connectivity index (χ3n) is 8.04. The van der Waals surface area contributed by atoms with Gasteiger partial charge in [-0.05, 0) is 73.8 Å². The molecular formula is C32H37N3O3S2. The predicted molar refractivity (Wildman–Crippen MR) is 167 cm³/mol. The van der Waals surface area contributed by atoms with Crippen LogP contribution < -0.4 is 15.2 Å². The van der Waals surface area contributed by atoms with Crippen molar-refractivity contribution in [3.8, 4) is 11.4 Å². The van der Waals surface area contributed by atoms with Crippen molar-refractivity contribution in [3.05, 3.63) is 74.9 Å². The molecule has 4 aromatic rings. The molecule has 0 N–H and O–H groups in total. The molecule has 210 valence electrons. The Morgan fingerprint density at radius 3 is 2.60 bits per heavy atom. The first-order chi connectivity index (χ1) is 19.0. The van der Waals surface area contributed by atoms with Gasteiger partial charge in [0.15, 0.2) is 5.16 Å². The van der Waals surface area contributed by atoms with Crippen LogP contribution in [0.5, 0.6) is 5.75 Å². The summed E-state index contributed by atoms with van der Waals surface area (Å²) in [5.74, 6) is 1.17. The van der Waals surface area contributed by atoms with Gasteiger partial charge in [-0.25, -0.2) is 4.98 Å². The molecule has 0 aliphatic heterocycles. The molecule has 2 atom stereocenters. The Bertz CT molecular complexity index is 1620. The molecular weight excluding hydrogens is 539 g/mol. The molecule has 2 aromatic heterocycles. The van der Waals surface area contributed by atoms with E-state index in [1.807, 2.05) is 62.4 Å². The molecule has 2 aromatic carbocycles. The van der Waals surface area contributed by atoms with Gasteiger partial charge in [0.2, 0.25) is 5.91 Å². The molecule has 0 spiro atoms. The number of rotatable bonds is 6. The molecule has 1 amide bonds. The summed E-state index contributed by atoms with van der Waals surface area (Å²) in [7, 11) is 3.40. The minimum Gasteiger partial charge on any atom is -0.497 e. The number of para-hydroxylation sites is 1. The van der Waals surface area contributed by atoms with E-state index in [9.17, 15) is 9.59 Å². The number of carbonyl (C=O) groups is 1. The van der Waals surface area contributed by atoms with Gasteiger partial charge in [0.25, 0.3) is 5.56 Å². The lowest BCUT2D eigenvalue weighted by atomic mass is 9.72. The standard InChI is InChI=1S/C32H37N3O3S2/c1-19-13-15-23(38-7)18-25(19)35-30(37)27-24-16-14-21(32(3,4)5)17-26(24)40-28(27)33-31(35)39-20(2)29(36)34(6)22-11-9-8-10-12-22/h8-13,15,18,20-21H,14,16-17H2,1-7H3/t20-,21+/m1/s1. The molecule has 1 aliphatic rings. The van der Waals surface area contributed by atoms with Gasteiger partial charge < -0.3 is 9.64 Å². The van der Waals surface area contributed by atoms with Gasteiger partial charge >= 0.3 is 0 Å². The quantitative estimate of drug-likeness (QED) is 0.182. The van der Waals surface area contributed by atoms with Gasteiger partial charge in [0.1, 0.15) is 10.6 Å². The lowest BCUT2D eigenvalue weighted by Gasteiger charge is -2.33. The van der Waals surface area contributed by atoms with Gasteiger partial charge in [-0.2, -0.15) is 0 Å². The van der Waals surface area contributed by atoms with Crippen LogP contribution >= 0.6 is 23.1 Å². The van der Waals surface area contributed by atoms with Crippen LogP contribution in [0.1, 0.15) is 50.1 Å². The predicted octanol–water partition coefficient (Wildman–Crippen LogP) is 7.06. The Morgan fingerprint density at radius 2 is 1.93 bits per heavy atom. The summed E-state index contributed by atoms with van der Waals surface area (Å²) in [6.45, 7) is 10.7. The zero-order valence-electron chi connectivity index (χ0n) is 24.3. The van der Waals surface area contributed by atoms with Gasteiger partial charge in [-0.1, -0.05) is 56.8 Å². The molecule has 0 fully saturated rings. The maximum atomic E-state index is 14.4. The summed E-state index contributed by atoms with van der Waals surface area (Å²) < 4.78 is 7.21. The minimum absolute atomic E-state index is 0.0575. The molecule has 0 saturated heterocycles. The van der Waals surface area contributed by atoms with Crippen LogP contribution in [0.4, 0.5) is 5.69 Å². The van der Waals surface area contributed by atoms with Gasteiger partial charge in [0, 0.05) is 23.7 Å². The number of methoxy groups -OCH3 is 1. The van der Waals surface area contributed by atoms with E-state index >= 15 is 0 Å². The summed E-state index contributed by atoms with van der Waals surface area (Å²) in [6.07, 6.45) is 2.92. The van der Waals surface area contributed by atoms with Gasteiger partial charge in [-0.15, -0.1) is 11.3 Å². The first-order valence-electron chi connectivity index (χ1n) is 13.7. The Balaban J connectivity index is 1.63. The van der Waals surface area contributed by atoms with Crippen molar-refractivity contribution in [2.45, 2.75) is 64.3 Å². The minimum atomic E-state index is -0.466. The summed E-state index contributed by atoms with van der Waals surface area (Å²) in [5, 5.41) is 0.771. The van der Waals surface area contributed by atoms with Crippen molar-refractivity contribution in [1.82, 2.24) is 9.55 Å². The molecule has 0 saturated carbocycles. The Kier molecular flexibility index (Phi) is 7.86. The second-order valence-corrected chi connectivity index (χ2v) is 14.1. The van der Waals surface area contributed by atoms with E-state index in [1.165, 1.54) is 16.6 Å². The monoisotopic (exact) mass is 575 g/mol. The number of hydrogen-bond donors (Lipinski definition) is 0. The van der Waals surface area contributed by atoms with Crippen molar-refractivity contribution in [1.29, 1.82) is 0 Å². The molecule has 40 heavy (non-hydrogen) atoms. The van der Waals surface area contributed by atoms with E-state index in [0.29, 0.717) is 16.8 Å². The van der Waals surface area contributed by atoms with Crippen LogP contribution in [0.2, 0.25) is 0 Å². The average molecular weight is 576 g/mol. The molecule has 0 bridgehead atoms. The van der Waals surface area contributed by atoms with Crippen LogP contribution in [0.15, 0.2) is 58.5 Å².